The summed E-state index contributed by atoms with van der Waals surface area (Å²) >= 11 is 0. The molecule has 0 spiro atoms. The zero-order chi connectivity index (χ0) is 16.4. The number of carbonyl (C=O) groups is 1. The Morgan fingerprint density at radius 2 is 2.17 bits per heavy atom. The number of aromatic amines is 1. The largest absolute Gasteiger partial charge is 0.478 e. The second-order valence-corrected chi connectivity index (χ2v) is 5.32. The van der Waals surface area contributed by atoms with Gasteiger partial charge in [0.25, 0.3) is 0 Å². The normalized spacial score (nSPS) is 11.3. The van der Waals surface area contributed by atoms with Crippen molar-refractivity contribution in [1.82, 2.24) is 19.9 Å². The van der Waals surface area contributed by atoms with E-state index >= 15 is 0 Å². The summed E-state index contributed by atoms with van der Waals surface area (Å²) in [6.07, 6.45) is 1.57. The van der Waals surface area contributed by atoms with Crippen molar-refractivity contribution in [2.45, 2.75) is 13.1 Å². The molecule has 118 valence electrons. The standard InChI is InChI=1S/C16H15FN4O2/c1-21(8-14-11(16(22)23)3-2-6-18-14)9-15-19-12-5-4-10(17)7-13(12)20-15/h2-7H,8-9H2,1H3,(H,19,20)(H,22,23). The third-order valence-corrected chi connectivity index (χ3v) is 3.45. The molecular weight excluding hydrogens is 299 g/mol. The maximum Gasteiger partial charge on any atom is 0.337 e. The molecule has 0 saturated carbocycles. The van der Waals surface area contributed by atoms with Crippen LogP contribution >= 0.6 is 0 Å². The number of hydrogen-bond acceptors (Lipinski definition) is 4. The van der Waals surface area contributed by atoms with Crippen LogP contribution in [0.5, 0.6) is 0 Å². The van der Waals surface area contributed by atoms with E-state index in [-0.39, 0.29) is 11.4 Å². The predicted octanol–water partition coefficient (Wildman–Crippen LogP) is 2.43. The lowest BCUT2D eigenvalue weighted by Crippen LogP contribution is -2.20. The lowest BCUT2D eigenvalue weighted by molar-refractivity contribution is 0.0694. The zero-order valence-electron chi connectivity index (χ0n) is 12.5. The van der Waals surface area contributed by atoms with Gasteiger partial charge in [-0.25, -0.2) is 14.2 Å². The molecule has 0 bridgehead atoms. The molecule has 0 fully saturated rings. The number of carboxylic acid groups (broad SMARTS) is 1. The van der Waals surface area contributed by atoms with Crippen molar-refractivity contribution in [1.29, 1.82) is 0 Å². The van der Waals surface area contributed by atoms with Gasteiger partial charge in [-0.15, -0.1) is 0 Å². The quantitative estimate of drug-likeness (QED) is 0.756. The average molecular weight is 314 g/mol. The Kier molecular flexibility index (Phi) is 4.03. The number of halogens is 1. The number of nitrogens with zero attached hydrogens (tertiary/aromatic N) is 3. The minimum atomic E-state index is -0.999. The molecule has 2 heterocycles. The molecule has 0 aliphatic rings. The van der Waals surface area contributed by atoms with Crippen molar-refractivity contribution in [3.8, 4) is 0 Å². The van der Waals surface area contributed by atoms with E-state index in [0.717, 1.165) is 0 Å². The van der Waals surface area contributed by atoms with E-state index in [4.69, 9.17) is 0 Å². The van der Waals surface area contributed by atoms with E-state index < -0.39 is 5.97 Å². The van der Waals surface area contributed by atoms with Crippen molar-refractivity contribution in [2.75, 3.05) is 7.05 Å². The zero-order valence-corrected chi connectivity index (χ0v) is 12.5. The van der Waals surface area contributed by atoms with E-state index in [0.29, 0.717) is 35.6 Å². The predicted molar refractivity (Wildman–Crippen MR) is 82.4 cm³/mol. The number of aromatic carboxylic acids is 1. The van der Waals surface area contributed by atoms with Crippen LogP contribution in [0.1, 0.15) is 21.9 Å². The summed E-state index contributed by atoms with van der Waals surface area (Å²) in [5, 5.41) is 9.18. The minimum Gasteiger partial charge on any atom is -0.478 e. The first-order chi connectivity index (χ1) is 11.0. The van der Waals surface area contributed by atoms with Crippen LogP contribution in [0.25, 0.3) is 11.0 Å². The van der Waals surface area contributed by atoms with Crippen LogP contribution < -0.4 is 0 Å². The molecule has 0 radical (unpaired) electrons. The number of imidazole rings is 1. The molecule has 7 heteroatoms. The second-order valence-electron chi connectivity index (χ2n) is 5.32. The van der Waals surface area contributed by atoms with Crippen LogP contribution in [0.2, 0.25) is 0 Å². The first kappa shape index (κ1) is 15.1. The average Bonchev–Trinajstić information content (AvgIpc) is 2.88. The summed E-state index contributed by atoms with van der Waals surface area (Å²) in [5.74, 6) is -0.637. The highest BCUT2D eigenvalue weighted by Crippen LogP contribution is 2.15. The molecule has 2 N–H and O–H groups in total. The van der Waals surface area contributed by atoms with Gasteiger partial charge in [-0.05, 0) is 37.4 Å². The SMILES string of the molecule is CN(Cc1nc2ccc(F)cc2[nH]1)Cc1ncccc1C(=O)O. The molecule has 0 amide bonds. The van der Waals surface area contributed by atoms with Crippen molar-refractivity contribution < 1.29 is 14.3 Å². The monoisotopic (exact) mass is 314 g/mol. The molecule has 0 saturated heterocycles. The van der Waals surface area contributed by atoms with Crippen LogP contribution in [-0.4, -0.2) is 38.0 Å². The minimum absolute atomic E-state index is 0.186. The van der Waals surface area contributed by atoms with Crippen molar-refractivity contribution in [3.05, 3.63) is 59.4 Å². The molecule has 23 heavy (non-hydrogen) atoms. The van der Waals surface area contributed by atoms with Crippen LogP contribution in [-0.2, 0) is 13.1 Å². The van der Waals surface area contributed by atoms with Gasteiger partial charge in [0, 0.05) is 12.7 Å². The summed E-state index contributed by atoms with van der Waals surface area (Å²) in [6.45, 7) is 0.833. The molecule has 0 atom stereocenters. The molecule has 3 rings (SSSR count). The van der Waals surface area contributed by atoms with Crippen LogP contribution in [0.3, 0.4) is 0 Å². The smallest absolute Gasteiger partial charge is 0.337 e. The number of fused-ring (bicyclic) bond motifs is 1. The van der Waals surface area contributed by atoms with Crippen LogP contribution in [0.15, 0.2) is 36.5 Å². The van der Waals surface area contributed by atoms with E-state index in [1.165, 1.54) is 18.2 Å². The fourth-order valence-corrected chi connectivity index (χ4v) is 2.44. The number of H-pyrrole nitrogens is 1. The third kappa shape index (κ3) is 3.35. The highest BCUT2D eigenvalue weighted by molar-refractivity contribution is 5.88. The Balaban J connectivity index is 1.76. The number of aromatic nitrogens is 3. The number of benzene rings is 1. The van der Waals surface area contributed by atoms with Gasteiger partial charge in [0.05, 0.1) is 28.8 Å². The Morgan fingerprint density at radius 1 is 1.35 bits per heavy atom. The molecular formula is C16H15FN4O2. The van der Waals surface area contributed by atoms with Crippen LogP contribution in [0, 0.1) is 5.82 Å². The Bertz CT molecular complexity index is 862. The summed E-state index contributed by atoms with van der Waals surface area (Å²) in [6, 6.07) is 7.51. The summed E-state index contributed by atoms with van der Waals surface area (Å²) in [5.41, 5.74) is 2.01. The highest BCUT2D eigenvalue weighted by Gasteiger charge is 2.13. The lowest BCUT2D eigenvalue weighted by Gasteiger charge is -2.15. The van der Waals surface area contributed by atoms with Crippen molar-refractivity contribution in [3.63, 3.8) is 0 Å². The molecule has 3 aromatic rings. The van der Waals surface area contributed by atoms with Gasteiger partial charge in [0.15, 0.2) is 0 Å². The van der Waals surface area contributed by atoms with Gasteiger partial charge in [0.1, 0.15) is 11.6 Å². The molecule has 0 unspecified atom stereocenters. The molecule has 0 aliphatic heterocycles. The number of hydrogen-bond donors (Lipinski definition) is 2. The van der Waals surface area contributed by atoms with Gasteiger partial charge < -0.3 is 10.1 Å². The van der Waals surface area contributed by atoms with E-state index in [2.05, 4.69) is 15.0 Å². The molecule has 1 aromatic carbocycles. The fourth-order valence-electron chi connectivity index (χ4n) is 2.44. The fraction of sp³-hybridized carbons (Fsp3) is 0.188. The Labute approximate surface area is 131 Å². The Morgan fingerprint density at radius 3 is 2.96 bits per heavy atom. The summed E-state index contributed by atoms with van der Waals surface area (Å²) in [7, 11) is 1.84. The van der Waals surface area contributed by atoms with Gasteiger partial charge in [0.2, 0.25) is 0 Å². The molecule has 0 aliphatic carbocycles. The second kappa shape index (κ2) is 6.13. The topological polar surface area (TPSA) is 82.1 Å². The molecule has 6 nitrogen and oxygen atoms in total. The maximum atomic E-state index is 13.2. The van der Waals surface area contributed by atoms with Crippen LogP contribution in [0.4, 0.5) is 4.39 Å². The van der Waals surface area contributed by atoms with E-state index in [9.17, 15) is 14.3 Å². The molecule has 2 aromatic heterocycles. The van der Waals surface area contributed by atoms with Crippen molar-refractivity contribution in [2.24, 2.45) is 0 Å². The van der Waals surface area contributed by atoms with Gasteiger partial charge in [-0.2, -0.15) is 0 Å². The number of rotatable bonds is 5. The van der Waals surface area contributed by atoms with Gasteiger partial charge in [-0.3, -0.25) is 9.88 Å². The van der Waals surface area contributed by atoms with Crippen molar-refractivity contribution >= 4 is 17.0 Å². The Hall–Kier alpha value is -2.80. The lowest BCUT2D eigenvalue weighted by atomic mass is 10.2. The number of nitrogens with one attached hydrogen (secondary N) is 1. The highest BCUT2D eigenvalue weighted by atomic mass is 19.1. The number of carboxylic acids is 1. The number of pyridine rings is 1. The van der Waals surface area contributed by atoms with Gasteiger partial charge >= 0.3 is 5.97 Å². The van der Waals surface area contributed by atoms with Gasteiger partial charge in [-0.1, -0.05) is 0 Å². The first-order valence-corrected chi connectivity index (χ1v) is 7.03. The van der Waals surface area contributed by atoms with E-state index in [1.807, 2.05) is 11.9 Å². The van der Waals surface area contributed by atoms with E-state index in [1.54, 1.807) is 18.3 Å². The maximum absolute atomic E-state index is 13.2. The summed E-state index contributed by atoms with van der Waals surface area (Å²) < 4.78 is 13.2. The summed E-state index contributed by atoms with van der Waals surface area (Å²) in [4.78, 5) is 24.7. The first-order valence-electron chi connectivity index (χ1n) is 7.03. The third-order valence-electron chi connectivity index (χ3n) is 3.45.